The zero-order valence-corrected chi connectivity index (χ0v) is 15.6. The van der Waals surface area contributed by atoms with Crippen LogP contribution in [0.25, 0.3) is 0 Å². The SMILES string of the molecule is COc1cccc(C2CC(=O)N(c3ccccc3C#N)C3=C2C(=O)CCC3)c1. The third-order valence-corrected chi connectivity index (χ3v) is 5.44. The number of hydrogen-bond donors (Lipinski definition) is 0. The first-order valence-corrected chi connectivity index (χ1v) is 9.36. The molecule has 5 heteroatoms. The lowest BCUT2D eigenvalue weighted by atomic mass is 9.77. The fraction of sp³-hybridized carbons (Fsp3) is 0.261. The van der Waals surface area contributed by atoms with Gasteiger partial charge in [-0.1, -0.05) is 24.3 Å². The number of methoxy groups -OCH3 is 1. The lowest BCUT2D eigenvalue weighted by Crippen LogP contribution is -2.40. The van der Waals surface area contributed by atoms with Crippen LogP contribution >= 0.6 is 0 Å². The van der Waals surface area contributed by atoms with Gasteiger partial charge in [-0.05, 0) is 42.7 Å². The van der Waals surface area contributed by atoms with Crippen LogP contribution in [0, 0.1) is 11.3 Å². The van der Waals surface area contributed by atoms with Crippen molar-refractivity contribution in [2.75, 3.05) is 12.0 Å². The van der Waals surface area contributed by atoms with Crippen LogP contribution in [0.1, 0.15) is 42.7 Å². The molecular formula is C23H20N2O3. The van der Waals surface area contributed by atoms with Crippen molar-refractivity contribution >= 4 is 17.4 Å². The van der Waals surface area contributed by atoms with Crippen molar-refractivity contribution in [2.24, 2.45) is 0 Å². The normalized spacial score (nSPS) is 19.3. The summed E-state index contributed by atoms with van der Waals surface area (Å²) in [4.78, 5) is 27.7. The van der Waals surface area contributed by atoms with Gasteiger partial charge in [0.05, 0.1) is 18.4 Å². The van der Waals surface area contributed by atoms with Gasteiger partial charge in [0.2, 0.25) is 5.91 Å². The molecule has 1 heterocycles. The Kier molecular flexibility index (Phi) is 4.70. The Morgan fingerprint density at radius 1 is 1.11 bits per heavy atom. The van der Waals surface area contributed by atoms with Crippen molar-refractivity contribution in [3.63, 3.8) is 0 Å². The molecule has 0 bridgehead atoms. The summed E-state index contributed by atoms with van der Waals surface area (Å²) in [5.41, 5.74) is 3.33. The minimum Gasteiger partial charge on any atom is -0.497 e. The van der Waals surface area contributed by atoms with Gasteiger partial charge in [0.25, 0.3) is 0 Å². The maximum atomic E-state index is 13.2. The molecule has 28 heavy (non-hydrogen) atoms. The summed E-state index contributed by atoms with van der Waals surface area (Å²) in [6, 6.07) is 16.8. The van der Waals surface area contributed by atoms with Gasteiger partial charge in [0.1, 0.15) is 11.8 Å². The topological polar surface area (TPSA) is 70.4 Å². The van der Waals surface area contributed by atoms with E-state index in [2.05, 4.69) is 6.07 Å². The molecule has 1 aliphatic carbocycles. The summed E-state index contributed by atoms with van der Waals surface area (Å²) in [6.07, 6.45) is 2.03. The second-order valence-corrected chi connectivity index (χ2v) is 7.03. The van der Waals surface area contributed by atoms with Gasteiger partial charge in [0, 0.05) is 30.0 Å². The summed E-state index contributed by atoms with van der Waals surface area (Å²) in [5, 5.41) is 9.49. The highest BCUT2D eigenvalue weighted by molar-refractivity contribution is 6.08. The zero-order valence-electron chi connectivity index (χ0n) is 15.6. The van der Waals surface area contributed by atoms with E-state index in [9.17, 15) is 14.9 Å². The molecule has 140 valence electrons. The minimum absolute atomic E-state index is 0.0843. The molecule has 1 aliphatic heterocycles. The fourth-order valence-electron chi connectivity index (χ4n) is 4.18. The predicted octanol–water partition coefficient (Wildman–Crippen LogP) is 4.09. The number of nitrogens with zero attached hydrogens (tertiary/aromatic N) is 2. The van der Waals surface area contributed by atoms with Crippen LogP contribution in [-0.4, -0.2) is 18.8 Å². The molecule has 5 nitrogen and oxygen atoms in total. The first-order valence-electron chi connectivity index (χ1n) is 9.36. The average molecular weight is 372 g/mol. The van der Waals surface area contributed by atoms with Gasteiger partial charge in [-0.3, -0.25) is 14.5 Å². The number of nitriles is 1. The van der Waals surface area contributed by atoms with Gasteiger partial charge in [0.15, 0.2) is 5.78 Å². The highest BCUT2D eigenvalue weighted by Gasteiger charge is 2.40. The van der Waals surface area contributed by atoms with Crippen LogP contribution in [0.3, 0.4) is 0 Å². The van der Waals surface area contributed by atoms with Crippen LogP contribution in [-0.2, 0) is 9.59 Å². The third kappa shape index (κ3) is 2.97. The molecule has 0 saturated heterocycles. The van der Waals surface area contributed by atoms with Gasteiger partial charge in [-0.2, -0.15) is 5.26 Å². The van der Waals surface area contributed by atoms with E-state index in [-0.39, 0.29) is 24.0 Å². The summed E-state index contributed by atoms with van der Waals surface area (Å²) in [7, 11) is 1.60. The Labute approximate surface area is 163 Å². The molecule has 4 rings (SSSR count). The Morgan fingerprint density at radius 3 is 2.71 bits per heavy atom. The van der Waals surface area contributed by atoms with Crippen LogP contribution in [0.15, 0.2) is 59.8 Å². The molecule has 2 aromatic carbocycles. The molecule has 2 aromatic rings. The second kappa shape index (κ2) is 7.32. The van der Waals surface area contributed by atoms with Crippen molar-refractivity contribution < 1.29 is 14.3 Å². The lowest BCUT2D eigenvalue weighted by Gasteiger charge is -2.38. The molecule has 0 saturated carbocycles. The molecule has 0 N–H and O–H groups in total. The molecule has 1 amide bonds. The van der Waals surface area contributed by atoms with Crippen molar-refractivity contribution in [1.29, 1.82) is 5.26 Å². The first kappa shape index (κ1) is 18.0. The number of hydrogen-bond acceptors (Lipinski definition) is 4. The maximum Gasteiger partial charge on any atom is 0.232 e. The van der Waals surface area contributed by atoms with E-state index in [1.165, 1.54) is 0 Å². The predicted molar refractivity (Wildman–Crippen MR) is 105 cm³/mol. The van der Waals surface area contributed by atoms with E-state index in [0.29, 0.717) is 41.8 Å². The Morgan fingerprint density at radius 2 is 1.93 bits per heavy atom. The smallest absolute Gasteiger partial charge is 0.232 e. The van der Waals surface area contributed by atoms with Crippen LogP contribution in [0.2, 0.25) is 0 Å². The summed E-state index contributed by atoms with van der Waals surface area (Å²) in [6.45, 7) is 0. The van der Waals surface area contributed by atoms with E-state index in [1.807, 2.05) is 30.3 Å². The molecule has 1 atom stereocenters. The number of anilines is 1. The molecular weight excluding hydrogens is 352 g/mol. The van der Waals surface area contributed by atoms with Gasteiger partial charge < -0.3 is 4.74 Å². The lowest BCUT2D eigenvalue weighted by molar-refractivity contribution is -0.119. The van der Waals surface area contributed by atoms with Gasteiger partial charge in [-0.25, -0.2) is 0 Å². The van der Waals surface area contributed by atoms with E-state index in [0.717, 1.165) is 11.3 Å². The Hall–Kier alpha value is -3.39. The fourth-order valence-corrected chi connectivity index (χ4v) is 4.18. The van der Waals surface area contributed by atoms with Crippen molar-refractivity contribution in [3.8, 4) is 11.8 Å². The van der Waals surface area contributed by atoms with Crippen molar-refractivity contribution in [3.05, 3.63) is 70.9 Å². The first-order chi connectivity index (χ1) is 13.6. The number of carbonyl (C=O) groups is 2. The number of ether oxygens (including phenoxy) is 1. The van der Waals surface area contributed by atoms with E-state index < -0.39 is 0 Å². The Balaban J connectivity index is 1.89. The number of para-hydroxylation sites is 1. The molecule has 1 unspecified atom stereocenters. The minimum atomic E-state index is -0.282. The monoisotopic (exact) mass is 372 g/mol. The maximum absolute atomic E-state index is 13.2. The van der Waals surface area contributed by atoms with E-state index in [4.69, 9.17) is 4.74 Å². The highest BCUT2D eigenvalue weighted by atomic mass is 16.5. The van der Waals surface area contributed by atoms with Crippen LogP contribution < -0.4 is 9.64 Å². The van der Waals surface area contributed by atoms with E-state index in [1.54, 1.807) is 30.2 Å². The largest absolute Gasteiger partial charge is 0.497 e. The molecule has 2 aliphatic rings. The van der Waals surface area contributed by atoms with Gasteiger partial charge >= 0.3 is 0 Å². The standard InChI is InChI=1S/C23H20N2O3/c1-28-17-8-4-7-15(12-17)18-13-22(27)25(19-9-3-2-6-16(19)14-24)20-10-5-11-21(26)23(18)20/h2-4,6-9,12,18H,5,10-11,13H2,1H3. The number of benzene rings is 2. The van der Waals surface area contributed by atoms with E-state index >= 15 is 0 Å². The summed E-state index contributed by atoms with van der Waals surface area (Å²) < 4.78 is 5.32. The third-order valence-electron chi connectivity index (χ3n) is 5.44. The number of amides is 1. The van der Waals surface area contributed by atoms with Crippen molar-refractivity contribution in [1.82, 2.24) is 0 Å². The molecule has 0 aromatic heterocycles. The number of ketones is 1. The quantitative estimate of drug-likeness (QED) is 0.813. The number of Topliss-reactive ketones (excluding diaryl/α,β-unsaturated/α-hetero) is 1. The average Bonchev–Trinajstić information content (AvgIpc) is 2.73. The highest BCUT2D eigenvalue weighted by Crippen LogP contribution is 2.44. The molecule has 0 spiro atoms. The summed E-state index contributed by atoms with van der Waals surface area (Å²) in [5.74, 6) is 0.411. The molecule has 0 radical (unpaired) electrons. The number of allylic oxidation sites excluding steroid dienone is 2. The number of carbonyl (C=O) groups excluding carboxylic acids is 2. The van der Waals surface area contributed by atoms with Crippen molar-refractivity contribution in [2.45, 2.75) is 31.6 Å². The summed E-state index contributed by atoms with van der Waals surface area (Å²) >= 11 is 0. The van der Waals surface area contributed by atoms with Crippen LogP contribution in [0.5, 0.6) is 5.75 Å². The Bertz CT molecular complexity index is 1030. The molecule has 0 fully saturated rings. The van der Waals surface area contributed by atoms with Gasteiger partial charge in [-0.15, -0.1) is 0 Å². The number of rotatable bonds is 3. The second-order valence-electron chi connectivity index (χ2n) is 7.03. The van der Waals surface area contributed by atoms with Crippen LogP contribution in [0.4, 0.5) is 5.69 Å². The zero-order chi connectivity index (χ0) is 19.7.